The summed E-state index contributed by atoms with van der Waals surface area (Å²) in [4.78, 5) is 32.3. The van der Waals surface area contributed by atoms with Gasteiger partial charge in [0.25, 0.3) is 5.56 Å². The van der Waals surface area contributed by atoms with Crippen molar-refractivity contribution in [3.05, 3.63) is 94.5 Å². The number of rotatable bonds is 6. The van der Waals surface area contributed by atoms with Crippen LogP contribution in [0.5, 0.6) is 0 Å². The number of amides is 1. The summed E-state index contributed by atoms with van der Waals surface area (Å²) in [5.74, 6) is 0.624. The van der Waals surface area contributed by atoms with E-state index in [1.165, 1.54) is 18.1 Å². The highest BCUT2D eigenvalue weighted by Crippen LogP contribution is 2.29. The molecule has 0 aliphatic carbocycles. The second-order valence-electron chi connectivity index (χ2n) is 8.13. The van der Waals surface area contributed by atoms with Crippen molar-refractivity contribution in [1.29, 1.82) is 0 Å². The lowest BCUT2D eigenvalue weighted by atomic mass is 10.0. The first-order valence-corrected chi connectivity index (χ1v) is 11.6. The van der Waals surface area contributed by atoms with Crippen molar-refractivity contribution in [2.45, 2.75) is 13.0 Å². The molecule has 0 fully saturated rings. The number of methoxy groups -OCH3 is 1. The average molecular weight is 517 g/mol. The number of aromatic nitrogens is 7. The van der Waals surface area contributed by atoms with Gasteiger partial charge < -0.3 is 14.3 Å². The molecule has 0 bridgehead atoms. The summed E-state index contributed by atoms with van der Waals surface area (Å²) in [6.07, 6.45) is 4.37. The molecule has 12 heteroatoms. The zero-order valence-electron chi connectivity index (χ0n) is 19.8. The fourth-order valence-electron chi connectivity index (χ4n) is 3.92. The van der Waals surface area contributed by atoms with Crippen LogP contribution in [0.4, 0.5) is 10.5 Å². The standard InChI is InChI=1S/C25H21ClN8O3/c1-15(24-27-13-21(30-24)16-3-6-19(7-4-16)29-25(36)37-2)33-10-9-17(11-23(33)35)20-12-18(26)5-8-22(20)34-14-28-31-32-34/h3-15H,1-2H3,(H,27,30)(H,29,36). The predicted molar refractivity (Wildman–Crippen MR) is 138 cm³/mol. The summed E-state index contributed by atoms with van der Waals surface area (Å²) in [6, 6.07) is 15.6. The number of nitrogens with zero attached hydrogens (tertiary/aromatic N) is 6. The van der Waals surface area contributed by atoms with E-state index in [4.69, 9.17) is 11.6 Å². The molecular weight excluding hydrogens is 496 g/mol. The smallest absolute Gasteiger partial charge is 0.411 e. The monoisotopic (exact) mass is 516 g/mol. The molecule has 0 aliphatic rings. The van der Waals surface area contributed by atoms with Gasteiger partial charge in [-0.2, -0.15) is 4.68 Å². The molecule has 0 spiro atoms. The van der Waals surface area contributed by atoms with Gasteiger partial charge in [0.1, 0.15) is 12.2 Å². The van der Waals surface area contributed by atoms with E-state index in [2.05, 4.69) is 35.5 Å². The lowest BCUT2D eigenvalue weighted by molar-refractivity contribution is 0.187. The Morgan fingerprint density at radius 1 is 1.11 bits per heavy atom. The number of tetrazole rings is 1. The maximum atomic E-state index is 13.1. The van der Waals surface area contributed by atoms with E-state index in [0.717, 1.165) is 16.8 Å². The molecule has 11 nitrogen and oxygen atoms in total. The van der Waals surface area contributed by atoms with E-state index < -0.39 is 6.09 Å². The molecule has 0 saturated heterocycles. The number of halogens is 1. The van der Waals surface area contributed by atoms with Crippen molar-refractivity contribution in [2.75, 3.05) is 12.4 Å². The maximum Gasteiger partial charge on any atom is 0.411 e. The number of carbonyl (C=O) groups excluding carboxylic acids is 1. The number of benzene rings is 2. The largest absolute Gasteiger partial charge is 0.453 e. The molecule has 5 rings (SSSR count). The normalized spacial score (nSPS) is 11.8. The van der Waals surface area contributed by atoms with Crippen LogP contribution in [-0.4, -0.2) is 47.9 Å². The van der Waals surface area contributed by atoms with Crippen molar-refractivity contribution in [2.24, 2.45) is 0 Å². The Morgan fingerprint density at radius 2 is 1.92 bits per heavy atom. The van der Waals surface area contributed by atoms with Crippen LogP contribution in [0, 0.1) is 0 Å². The molecule has 0 radical (unpaired) electrons. The molecule has 2 aromatic carbocycles. The third-order valence-electron chi connectivity index (χ3n) is 5.85. The quantitative estimate of drug-likeness (QED) is 0.343. The van der Waals surface area contributed by atoms with Gasteiger partial charge in [-0.15, -0.1) is 5.10 Å². The fraction of sp³-hybridized carbons (Fsp3) is 0.120. The third kappa shape index (κ3) is 4.98. The molecule has 2 N–H and O–H groups in total. The molecule has 5 aromatic rings. The van der Waals surface area contributed by atoms with E-state index in [-0.39, 0.29) is 11.6 Å². The number of pyridine rings is 1. The third-order valence-corrected chi connectivity index (χ3v) is 6.08. The minimum absolute atomic E-state index is 0.205. The zero-order valence-corrected chi connectivity index (χ0v) is 20.5. The number of aromatic amines is 1. The van der Waals surface area contributed by atoms with Crippen LogP contribution in [0.2, 0.25) is 5.02 Å². The van der Waals surface area contributed by atoms with Crippen LogP contribution in [0.25, 0.3) is 28.1 Å². The van der Waals surface area contributed by atoms with E-state index >= 15 is 0 Å². The van der Waals surface area contributed by atoms with Gasteiger partial charge >= 0.3 is 6.09 Å². The lowest BCUT2D eigenvalue weighted by Gasteiger charge is -2.15. The molecule has 37 heavy (non-hydrogen) atoms. The second-order valence-corrected chi connectivity index (χ2v) is 8.57. The summed E-state index contributed by atoms with van der Waals surface area (Å²) >= 11 is 6.24. The van der Waals surface area contributed by atoms with Crippen molar-refractivity contribution in [3.8, 4) is 28.1 Å². The molecule has 1 atom stereocenters. The summed E-state index contributed by atoms with van der Waals surface area (Å²) in [7, 11) is 1.31. The Hall–Kier alpha value is -4.77. The summed E-state index contributed by atoms with van der Waals surface area (Å²) in [6.45, 7) is 1.89. The Kier molecular flexibility index (Phi) is 6.52. The SMILES string of the molecule is COC(=O)Nc1ccc(-c2cnc(C(C)n3ccc(-c4cc(Cl)ccc4-n4cnnn4)cc3=O)[nH]2)cc1. The van der Waals surface area contributed by atoms with Crippen molar-refractivity contribution < 1.29 is 9.53 Å². The lowest BCUT2D eigenvalue weighted by Crippen LogP contribution is -2.23. The molecule has 186 valence electrons. The van der Waals surface area contributed by atoms with E-state index in [1.807, 2.05) is 25.1 Å². The Labute approximate surface area is 215 Å². The summed E-state index contributed by atoms with van der Waals surface area (Å²) < 4.78 is 7.71. The van der Waals surface area contributed by atoms with Gasteiger partial charge in [0.2, 0.25) is 0 Å². The van der Waals surface area contributed by atoms with Gasteiger partial charge in [-0.3, -0.25) is 10.1 Å². The molecule has 1 amide bonds. The zero-order chi connectivity index (χ0) is 25.9. The van der Waals surface area contributed by atoms with Crippen LogP contribution in [0.3, 0.4) is 0 Å². The predicted octanol–water partition coefficient (Wildman–Crippen LogP) is 4.32. The van der Waals surface area contributed by atoms with Crippen LogP contribution in [0.1, 0.15) is 18.8 Å². The average Bonchev–Trinajstić information content (AvgIpc) is 3.62. The number of carbonyl (C=O) groups is 1. The van der Waals surface area contributed by atoms with Crippen LogP contribution in [-0.2, 0) is 4.74 Å². The van der Waals surface area contributed by atoms with Gasteiger partial charge in [-0.05, 0) is 64.9 Å². The highest BCUT2D eigenvalue weighted by molar-refractivity contribution is 6.31. The maximum absolute atomic E-state index is 13.1. The molecule has 3 heterocycles. The first-order valence-electron chi connectivity index (χ1n) is 11.2. The number of nitrogens with one attached hydrogen (secondary N) is 2. The highest BCUT2D eigenvalue weighted by Gasteiger charge is 2.16. The van der Waals surface area contributed by atoms with Gasteiger partial charge in [-0.1, -0.05) is 23.7 Å². The van der Waals surface area contributed by atoms with E-state index in [1.54, 1.807) is 53.4 Å². The topological polar surface area (TPSA) is 133 Å². The first-order chi connectivity index (χ1) is 17.9. The molecule has 0 aliphatic heterocycles. The van der Waals surface area contributed by atoms with E-state index in [9.17, 15) is 9.59 Å². The van der Waals surface area contributed by atoms with Crippen LogP contribution in [0.15, 0.2) is 78.1 Å². The number of ether oxygens (including phenoxy) is 1. The van der Waals surface area contributed by atoms with Crippen molar-refractivity contribution in [3.63, 3.8) is 0 Å². The van der Waals surface area contributed by atoms with Gasteiger partial charge in [-0.25, -0.2) is 9.78 Å². The Bertz CT molecular complexity index is 1610. The van der Waals surface area contributed by atoms with Crippen LogP contribution < -0.4 is 10.9 Å². The number of imidazole rings is 1. The van der Waals surface area contributed by atoms with Crippen molar-refractivity contribution >= 4 is 23.4 Å². The van der Waals surface area contributed by atoms with Crippen molar-refractivity contribution in [1.82, 2.24) is 34.7 Å². The number of H-pyrrole nitrogens is 1. The number of hydrogen-bond donors (Lipinski definition) is 2. The minimum atomic E-state index is -0.538. The van der Waals surface area contributed by atoms with Gasteiger partial charge in [0.15, 0.2) is 0 Å². The van der Waals surface area contributed by atoms with Gasteiger partial charge in [0.05, 0.1) is 30.7 Å². The molecule has 3 aromatic heterocycles. The summed E-state index contributed by atoms with van der Waals surface area (Å²) in [5.41, 5.74) is 4.16. The number of anilines is 1. The van der Waals surface area contributed by atoms with E-state index in [0.29, 0.717) is 27.8 Å². The Morgan fingerprint density at radius 3 is 2.62 bits per heavy atom. The highest BCUT2D eigenvalue weighted by atomic mass is 35.5. The molecule has 1 unspecified atom stereocenters. The number of hydrogen-bond acceptors (Lipinski definition) is 7. The van der Waals surface area contributed by atoms with Crippen LogP contribution >= 0.6 is 11.6 Å². The molecular formula is C25H21ClN8O3. The minimum Gasteiger partial charge on any atom is -0.453 e. The van der Waals surface area contributed by atoms with Gasteiger partial charge in [0, 0.05) is 28.5 Å². The molecule has 0 saturated carbocycles. The summed E-state index contributed by atoms with van der Waals surface area (Å²) in [5, 5.41) is 14.5. The Balaban J connectivity index is 1.40. The fourth-order valence-corrected chi connectivity index (χ4v) is 4.09. The first kappa shape index (κ1) is 23.9. The second kappa shape index (κ2) is 10.1.